The summed E-state index contributed by atoms with van der Waals surface area (Å²) in [5.41, 5.74) is 2.37. The van der Waals surface area contributed by atoms with Crippen LogP contribution >= 0.6 is 0 Å². The number of carbonyl (C=O) groups excluding carboxylic acids is 1. The van der Waals surface area contributed by atoms with Crippen molar-refractivity contribution in [2.45, 2.75) is 77.8 Å². The van der Waals surface area contributed by atoms with Crippen molar-refractivity contribution in [3.63, 3.8) is 0 Å². The average molecular weight is 541 g/mol. The van der Waals surface area contributed by atoms with Crippen LogP contribution in [-0.2, 0) is 22.4 Å². The second-order valence-corrected chi connectivity index (χ2v) is 17.3. The molecule has 2 aromatic carbocycles. The Hall–Kier alpha value is -2.38. The van der Waals surface area contributed by atoms with Gasteiger partial charge in [-0.3, -0.25) is 0 Å². The van der Waals surface area contributed by atoms with Gasteiger partial charge >= 0.3 is 6.09 Å². The number of likely N-dealkylation sites (tertiary alicyclic amines) is 1. The molecule has 208 valence electrons. The number of anilines is 1. The monoisotopic (exact) mass is 540 g/mol. The van der Waals surface area contributed by atoms with Gasteiger partial charge < -0.3 is 19.0 Å². The van der Waals surface area contributed by atoms with Crippen molar-refractivity contribution in [2.75, 3.05) is 31.1 Å². The molecule has 1 amide bonds. The minimum absolute atomic E-state index is 0.0988. The van der Waals surface area contributed by atoms with Crippen LogP contribution in [0.3, 0.4) is 0 Å². The van der Waals surface area contributed by atoms with Crippen molar-refractivity contribution < 1.29 is 18.3 Å². The van der Waals surface area contributed by atoms with Gasteiger partial charge in [0, 0.05) is 31.7 Å². The molecule has 0 N–H and O–H groups in total. The summed E-state index contributed by atoms with van der Waals surface area (Å²) in [6.45, 7) is 14.9. The molecule has 4 rings (SSSR count). The largest absolute Gasteiger partial charge is 0.445 e. The lowest BCUT2D eigenvalue weighted by Gasteiger charge is -2.40. The topological polar surface area (TPSA) is 42.0 Å². The van der Waals surface area contributed by atoms with E-state index in [1.165, 1.54) is 0 Å². The van der Waals surface area contributed by atoms with E-state index in [1.54, 1.807) is 0 Å². The van der Waals surface area contributed by atoms with Crippen molar-refractivity contribution in [2.24, 2.45) is 11.8 Å². The van der Waals surface area contributed by atoms with E-state index in [-0.39, 0.29) is 16.9 Å². The maximum absolute atomic E-state index is 15.5. The van der Waals surface area contributed by atoms with Gasteiger partial charge in [0.1, 0.15) is 6.61 Å². The SMILES string of the molecule is CC(C)(C)[Si](C)(C)OCc1cccc(N2CCC(C3CCN(C(=O)OCc4ccccc4)CC3)CC2)c1F. The standard InChI is InChI=1S/C31H45FN2O3Si/c1-31(2,3)38(4,5)37-23-27-12-9-13-28(29(27)32)33-18-14-25(15-19-33)26-16-20-34(21-17-26)30(35)36-22-24-10-7-6-8-11-24/h6-13,25-26H,14-23H2,1-5H3. The molecule has 0 bridgehead atoms. The highest BCUT2D eigenvalue weighted by Crippen LogP contribution is 2.38. The van der Waals surface area contributed by atoms with E-state index in [9.17, 15) is 4.79 Å². The van der Waals surface area contributed by atoms with E-state index in [0.717, 1.165) is 57.4 Å². The van der Waals surface area contributed by atoms with Crippen LogP contribution in [0.25, 0.3) is 0 Å². The van der Waals surface area contributed by atoms with Crippen LogP contribution < -0.4 is 4.90 Å². The average Bonchev–Trinajstić information content (AvgIpc) is 2.91. The first-order valence-corrected chi connectivity index (χ1v) is 17.1. The Morgan fingerprint density at radius 3 is 2.11 bits per heavy atom. The molecule has 2 aliphatic heterocycles. The lowest BCUT2D eigenvalue weighted by Crippen LogP contribution is -2.43. The molecule has 2 heterocycles. The number of halogens is 1. The van der Waals surface area contributed by atoms with Gasteiger partial charge in [0.05, 0.1) is 12.3 Å². The first-order chi connectivity index (χ1) is 18.0. The molecular formula is C31H45FN2O3Si. The van der Waals surface area contributed by atoms with E-state index < -0.39 is 8.32 Å². The molecule has 0 radical (unpaired) electrons. The Morgan fingerprint density at radius 1 is 0.895 bits per heavy atom. The summed E-state index contributed by atoms with van der Waals surface area (Å²) in [4.78, 5) is 16.6. The summed E-state index contributed by atoms with van der Waals surface area (Å²) >= 11 is 0. The number of benzene rings is 2. The summed E-state index contributed by atoms with van der Waals surface area (Å²) in [7, 11) is -1.94. The maximum Gasteiger partial charge on any atom is 0.410 e. The molecule has 0 atom stereocenters. The van der Waals surface area contributed by atoms with Gasteiger partial charge in [-0.25, -0.2) is 9.18 Å². The van der Waals surface area contributed by atoms with Gasteiger partial charge in [-0.2, -0.15) is 0 Å². The number of piperidine rings is 2. The fourth-order valence-electron chi connectivity index (χ4n) is 5.37. The molecule has 2 saturated heterocycles. The zero-order chi connectivity index (χ0) is 27.3. The molecule has 0 unspecified atom stereocenters. The lowest BCUT2D eigenvalue weighted by molar-refractivity contribution is 0.0732. The molecule has 0 aromatic heterocycles. The fourth-order valence-corrected chi connectivity index (χ4v) is 6.32. The smallest absolute Gasteiger partial charge is 0.410 e. The highest BCUT2D eigenvalue weighted by Gasteiger charge is 2.37. The molecule has 5 nitrogen and oxygen atoms in total. The molecule has 0 aliphatic carbocycles. The number of ether oxygens (including phenoxy) is 1. The number of rotatable bonds is 7. The van der Waals surface area contributed by atoms with E-state index in [2.05, 4.69) is 38.8 Å². The van der Waals surface area contributed by atoms with Crippen LogP contribution in [-0.4, -0.2) is 45.5 Å². The van der Waals surface area contributed by atoms with Crippen molar-refractivity contribution in [1.82, 2.24) is 4.90 Å². The quantitative estimate of drug-likeness (QED) is 0.339. The predicted octanol–water partition coefficient (Wildman–Crippen LogP) is 7.61. The zero-order valence-corrected chi connectivity index (χ0v) is 24.8. The van der Waals surface area contributed by atoms with Gasteiger partial charge in [0.2, 0.25) is 0 Å². The van der Waals surface area contributed by atoms with Gasteiger partial charge in [-0.1, -0.05) is 63.2 Å². The van der Waals surface area contributed by atoms with Crippen LogP contribution in [0.4, 0.5) is 14.9 Å². The highest BCUT2D eigenvalue weighted by molar-refractivity contribution is 6.74. The third-order valence-corrected chi connectivity index (χ3v) is 13.5. The number of nitrogens with zero attached hydrogens (tertiary/aromatic N) is 2. The summed E-state index contributed by atoms with van der Waals surface area (Å²) in [6.07, 6.45) is 3.94. The number of carbonyl (C=O) groups is 1. The molecule has 2 aliphatic rings. The van der Waals surface area contributed by atoms with Crippen LogP contribution in [0.5, 0.6) is 0 Å². The van der Waals surface area contributed by atoms with Crippen molar-refractivity contribution in [3.05, 3.63) is 65.5 Å². The Labute approximate surface area is 229 Å². The van der Waals surface area contributed by atoms with Gasteiger partial charge in [-0.15, -0.1) is 0 Å². The summed E-state index contributed by atoms with van der Waals surface area (Å²) in [6, 6.07) is 15.5. The molecule has 7 heteroatoms. The molecule has 0 saturated carbocycles. The minimum Gasteiger partial charge on any atom is -0.445 e. The van der Waals surface area contributed by atoms with Crippen LogP contribution in [0.2, 0.25) is 18.1 Å². The Bertz CT molecular complexity index is 1060. The van der Waals surface area contributed by atoms with Crippen LogP contribution in [0.15, 0.2) is 48.5 Å². The summed E-state index contributed by atoms with van der Waals surface area (Å²) in [5, 5.41) is 0.0988. The predicted molar refractivity (Wildman–Crippen MR) is 154 cm³/mol. The van der Waals surface area contributed by atoms with Gasteiger partial charge in [0.15, 0.2) is 14.1 Å². The summed E-state index contributed by atoms with van der Waals surface area (Å²) in [5.74, 6) is 1.11. The van der Waals surface area contributed by atoms with Crippen LogP contribution in [0.1, 0.15) is 57.6 Å². The zero-order valence-electron chi connectivity index (χ0n) is 23.8. The summed E-state index contributed by atoms with van der Waals surface area (Å²) < 4.78 is 27.3. The van der Waals surface area contributed by atoms with Crippen molar-refractivity contribution >= 4 is 20.1 Å². The maximum atomic E-state index is 15.5. The second kappa shape index (κ2) is 12.2. The first-order valence-electron chi connectivity index (χ1n) is 14.2. The number of hydrogen-bond donors (Lipinski definition) is 0. The number of hydrogen-bond acceptors (Lipinski definition) is 4. The Balaban J connectivity index is 1.24. The van der Waals surface area contributed by atoms with E-state index in [1.807, 2.05) is 53.4 Å². The lowest BCUT2D eigenvalue weighted by atomic mass is 9.79. The fraction of sp³-hybridized carbons (Fsp3) is 0.581. The third-order valence-electron chi connectivity index (χ3n) is 9.00. The van der Waals surface area contributed by atoms with E-state index >= 15 is 4.39 Å². The number of amides is 1. The molecule has 2 fully saturated rings. The highest BCUT2D eigenvalue weighted by atomic mass is 28.4. The third kappa shape index (κ3) is 6.97. The second-order valence-electron chi connectivity index (χ2n) is 12.5. The van der Waals surface area contributed by atoms with E-state index in [4.69, 9.17) is 9.16 Å². The Kier molecular flexibility index (Phi) is 9.19. The molecule has 0 spiro atoms. The van der Waals surface area contributed by atoms with Gasteiger partial charge in [0.25, 0.3) is 0 Å². The molecule has 38 heavy (non-hydrogen) atoms. The molecular weight excluding hydrogens is 495 g/mol. The van der Waals surface area contributed by atoms with Crippen LogP contribution in [0, 0.1) is 17.7 Å². The van der Waals surface area contributed by atoms with Crippen molar-refractivity contribution in [1.29, 1.82) is 0 Å². The molecule has 2 aromatic rings. The van der Waals surface area contributed by atoms with Crippen molar-refractivity contribution in [3.8, 4) is 0 Å². The normalized spacial score (nSPS) is 18.1. The minimum atomic E-state index is -1.94. The van der Waals surface area contributed by atoms with Gasteiger partial charge in [-0.05, 0) is 67.3 Å². The Morgan fingerprint density at radius 2 is 1.50 bits per heavy atom. The van der Waals surface area contributed by atoms with E-state index in [0.29, 0.717) is 36.3 Å². The first kappa shape index (κ1) is 28.6.